The molecule has 2 rings (SSSR count). The van der Waals surface area contributed by atoms with Gasteiger partial charge in [0.05, 0.1) is 6.54 Å². The van der Waals surface area contributed by atoms with Crippen LogP contribution in [0.2, 0.25) is 0 Å². The van der Waals surface area contributed by atoms with E-state index in [1.165, 1.54) is 0 Å². The Bertz CT molecular complexity index is 217. The zero-order valence-corrected chi connectivity index (χ0v) is 8.14. The summed E-state index contributed by atoms with van der Waals surface area (Å²) in [5.41, 5.74) is 0. The van der Waals surface area contributed by atoms with Crippen LogP contribution in [0.4, 0.5) is 13.2 Å². The van der Waals surface area contributed by atoms with Gasteiger partial charge < -0.3 is 5.32 Å². The van der Waals surface area contributed by atoms with Crippen LogP contribution in [-0.4, -0.2) is 43.3 Å². The molecule has 0 spiro atoms. The lowest BCUT2D eigenvalue weighted by atomic mass is 9.95. The summed E-state index contributed by atoms with van der Waals surface area (Å²) in [6.45, 7) is 3.51. The van der Waals surface area contributed by atoms with Crippen LogP contribution < -0.4 is 5.32 Å². The van der Waals surface area contributed by atoms with Crippen LogP contribution in [0.15, 0.2) is 0 Å². The van der Waals surface area contributed by atoms with Gasteiger partial charge in [0.15, 0.2) is 0 Å². The minimum absolute atomic E-state index is 0.0663. The lowest BCUT2D eigenvalue weighted by Gasteiger charge is -2.25. The first-order valence-corrected chi connectivity index (χ1v) is 4.99. The number of hydrogen-bond donors (Lipinski definition) is 1. The van der Waals surface area contributed by atoms with Crippen molar-refractivity contribution in [3.8, 4) is 0 Å². The zero-order valence-electron chi connectivity index (χ0n) is 8.14. The predicted octanol–water partition coefficient (Wildman–Crippen LogP) is 1.09. The second-order valence-corrected chi connectivity index (χ2v) is 4.37. The fourth-order valence-electron chi connectivity index (χ4n) is 2.69. The highest BCUT2D eigenvalue weighted by molar-refractivity contribution is 4.96. The standard InChI is InChI=1S/C9H15F3N2/c1-6-8-3-13-2-7(8)4-14(6)5-9(10,11)12/h6-8,13H,2-5H2,1H3. The highest BCUT2D eigenvalue weighted by Crippen LogP contribution is 2.34. The first kappa shape index (κ1) is 10.2. The maximum absolute atomic E-state index is 12.2. The van der Waals surface area contributed by atoms with Crippen molar-refractivity contribution in [1.29, 1.82) is 0 Å². The molecule has 3 atom stereocenters. The largest absolute Gasteiger partial charge is 0.401 e. The predicted molar refractivity (Wildman–Crippen MR) is 46.9 cm³/mol. The summed E-state index contributed by atoms with van der Waals surface area (Å²) < 4.78 is 36.6. The number of rotatable bonds is 1. The van der Waals surface area contributed by atoms with Gasteiger partial charge in [0.2, 0.25) is 0 Å². The maximum Gasteiger partial charge on any atom is 0.401 e. The molecule has 82 valence electrons. The van der Waals surface area contributed by atoms with Crippen LogP contribution in [-0.2, 0) is 0 Å². The number of likely N-dealkylation sites (tertiary alicyclic amines) is 1. The van der Waals surface area contributed by atoms with Crippen LogP contribution in [0.5, 0.6) is 0 Å². The molecular formula is C9H15F3N2. The minimum atomic E-state index is -4.06. The molecule has 0 amide bonds. The summed E-state index contributed by atoms with van der Waals surface area (Å²) in [4.78, 5) is 1.57. The molecule has 0 aliphatic carbocycles. The molecule has 0 aromatic heterocycles. The fourth-order valence-corrected chi connectivity index (χ4v) is 2.69. The van der Waals surface area contributed by atoms with Crippen molar-refractivity contribution < 1.29 is 13.2 Å². The summed E-state index contributed by atoms with van der Waals surface area (Å²) >= 11 is 0. The van der Waals surface area contributed by atoms with Gasteiger partial charge >= 0.3 is 6.18 Å². The van der Waals surface area contributed by atoms with Gasteiger partial charge in [-0.1, -0.05) is 0 Å². The van der Waals surface area contributed by atoms with E-state index in [2.05, 4.69) is 5.32 Å². The Hall–Kier alpha value is -0.290. The van der Waals surface area contributed by atoms with Crippen LogP contribution in [0.3, 0.4) is 0 Å². The quantitative estimate of drug-likeness (QED) is 0.694. The Labute approximate surface area is 81.5 Å². The molecule has 2 saturated heterocycles. The molecule has 2 nitrogen and oxygen atoms in total. The van der Waals surface area contributed by atoms with E-state index in [1.807, 2.05) is 6.92 Å². The van der Waals surface area contributed by atoms with Gasteiger partial charge in [0.25, 0.3) is 0 Å². The average molecular weight is 208 g/mol. The number of alkyl halides is 3. The van der Waals surface area contributed by atoms with Crippen molar-refractivity contribution in [1.82, 2.24) is 10.2 Å². The van der Waals surface area contributed by atoms with Gasteiger partial charge in [-0.15, -0.1) is 0 Å². The summed E-state index contributed by atoms with van der Waals surface area (Å²) in [7, 11) is 0. The Morgan fingerprint density at radius 3 is 2.64 bits per heavy atom. The monoisotopic (exact) mass is 208 g/mol. The molecule has 2 fully saturated rings. The molecule has 14 heavy (non-hydrogen) atoms. The van der Waals surface area contributed by atoms with Gasteiger partial charge in [-0.25, -0.2) is 0 Å². The maximum atomic E-state index is 12.2. The minimum Gasteiger partial charge on any atom is -0.316 e. The van der Waals surface area contributed by atoms with E-state index >= 15 is 0 Å². The van der Waals surface area contributed by atoms with E-state index in [-0.39, 0.29) is 6.04 Å². The van der Waals surface area contributed by atoms with Crippen LogP contribution in [0.1, 0.15) is 6.92 Å². The van der Waals surface area contributed by atoms with Crippen LogP contribution in [0, 0.1) is 11.8 Å². The van der Waals surface area contributed by atoms with E-state index in [0.29, 0.717) is 18.4 Å². The number of nitrogens with one attached hydrogen (secondary N) is 1. The third-order valence-electron chi connectivity index (χ3n) is 3.44. The normalized spacial score (nSPS) is 39.0. The summed E-state index contributed by atoms with van der Waals surface area (Å²) in [5.74, 6) is 0.838. The van der Waals surface area contributed by atoms with Gasteiger partial charge in [-0.05, 0) is 31.8 Å². The van der Waals surface area contributed by atoms with Crippen molar-refractivity contribution in [2.24, 2.45) is 11.8 Å². The average Bonchev–Trinajstić information content (AvgIpc) is 2.55. The Morgan fingerprint density at radius 2 is 2.07 bits per heavy atom. The molecule has 0 saturated carbocycles. The Morgan fingerprint density at radius 1 is 1.36 bits per heavy atom. The van der Waals surface area contributed by atoms with Crippen molar-refractivity contribution >= 4 is 0 Å². The smallest absolute Gasteiger partial charge is 0.316 e. The second kappa shape index (κ2) is 3.38. The first-order valence-electron chi connectivity index (χ1n) is 4.99. The first-order chi connectivity index (χ1) is 6.47. The lowest BCUT2D eigenvalue weighted by molar-refractivity contribution is -0.147. The molecule has 2 aliphatic rings. The number of fused-ring (bicyclic) bond motifs is 1. The number of halogens is 3. The van der Waals surface area contributed by atoms with E-state index < -0.39 is 12.7 Å². The zero-order chi connectivity index (χ0) is 10.3. The molecule has 0 aromatic rings. The van der Waals surface area contributed by atoms with E-state index in [1.54, 1.807) is 4.90 Å². The van der Waals surface area contributed by atoms with Gasteiger partial charge in [0, 0.05) is 12.6 Å². The third-order valence-corrected chi connectivity index (χ3v) is 3.44. The van der Waals surface area contributed by atoms with Gasteiger partial charge in [0.1, 0.15) is 0 Å². The number of hydrogen-bond acceptors (Lipinski definition) is 2. The molecule has 3 unspecified atom stereocenters. The van der Waals surface area contributed by atoms with Crippen LogP contribution in [0.25, 0.3) is 0 Å². The summed E-state index contributed by atoms with van der Waals surface area (Å²) in [6, 6.07) is 0.0663. The van der Waals surface area contributed by atoms with Crippen molar-refractivity contribution in [3.63, 3.8) is 0 Å². The van der Waals surface area contributed by atoms with Crippen molar-refractivity contribution in [2.45, 2.75) is 19.1 Å². The molecule has 0 radical (unpaired) electrons. The molecule has 0 aromatic carbocycles. The van der Waals surface area contributed by atoms with Crippen molar-refractivity contribution in [3.05, 3.63) is 0 Å². The SMILES string of the molecule is CC1C2CNCC2CN1CC(F)(F)F. The van der Waals surface area contributed by atoms with Gasteiger partial charge in [-0.2, -0.15) is 13.2 Å². The van der Waals surface area contributed by atoms with E-state index in [0.717, 1.165) is 13.1 Å². The molecule has 0 bridgehead atoms. The summed E-state index contributed by atoms with van der Waals surface area (Å²) in [6.07, 6.45) is -4.06. The third kappa shape index (κ3) is 1.88. The highest BCUT2D eigenvalue weighted by atomic mass is 19.4. The van der Waals surface area contributed by atoms with Gasteiger partial charge in [-0.3, -0.25) is 4.90 Å². The molecular weight excluding hydrogens is 193 g/mol. The molecule has 2 heterocycles. The number of nitrogens with zero attached hydrogens (tertiary/aromatic N) is 1. The Balaban J connectivity index is 1.96. The second-order valence-electron chi connectivity index (χ2n) is 4.37. The lowest BCUT2D eigenvalue weighted by Crippen LogP contribution is -2.39. The topological polar surface area (TPSA) is 15.3 Å². The highest BCUT2D eigenvalue weighted by Gasteiger charge is 2.45. The van der Waals surface area contributed by atoms with Crippen LogP contribution >= 0.6 is 0 Å². The molecule has 1 N–H and O–H groups in total. The summed E-state index contributed by atoms with van der Waals surface area (Å²) in [5, 5.41) is 3.23. The molecule has 2 aliphatic heterocycles. The van der Waals surface area contributed by atoms with Crippen molar-refractivity contribution in [2.75, 3.05) is 26.2 Å². The van der Waals surface area contributed by atoms with E-state index in [4.69, 9.17) is 0 Å². The fraction of sp³-hybridized carbons (Fsp3) is 1.00. The van der Waals surface area contributed by atoms with E-state index in [9.17, 15) is 13.2 Å². The molecule has 5 heteroatoms. The Kier molecular flexibility index (Phi) is 2.47.